The van der Waals surface area contributed by atoms with Crippen LogP contribution in [0.15, 0.2) is 0 Å². The molecule has 1 aliphatic rings. The highest BCUT2D eigenvalue weighted by Crippen LogP contribution is 2.25. The zero-order valence-corrected chi connectivity index (χ0v) is 11.4. The van der Waals surface area contributed by atoms with Crippen molar-refractivity contribution in [1.29, 1.82) is 0 Å². The van der Waals surface area contributed by atoms with Gasteiger partial charge in [-0.2, -0.15) is 0 Å². The predicted octanol–water partition coefficient (Wildman–Crippen LogP) is 2.24. The third-order valence-corrected chi connectivity index (χ3v) is 3.60. The van der Waals surface area contributed by atoms with Gasteiger partial charge in [-0.05, 0) is 18.8 Å². The predicted molar refractivity (Wildman–Crippen MR) is 69.3 cm³/mol. The van der Waals surface area contributed by atoms with Crippen molar-refractivity contribution in [2.24, 2.45) is 5.92 Å². The Morgan fingerprint density at radius 2 is 2.17 bits per heavy atom. The zero-order chi connectivity index (χ0) is 13.4. The van der Waals surface area contributed by atoms with Crippen LogP contribution in [-0.2, 0) is 4.74 Å². The summed E-state index contributed by atoms with van der Waals surface area (Å²) in [7, 11) is 0. The van der Waals surface area contributed by atoms with E-state index in [1.165, 1.54) is 0 Å². The first kappa shape index (κ1) is 15.2. The van der Waals surface area contributed by atoms with Gasteiger partial charge in [-0.25, -0.2) is 9.18 Å². The van der Waals surface area contributed by atoms with Crippen LogP contribution in [-0.4, -0.2) is 38.0 Å². The number of hydrogen-bond acceptors (Lipinski definition) is 2. The number of amides is 2. The van der Waals surface area contributed by atoms with Crippen LogP contribution >= 0.6 is 0 Å². The molecule has 0 spiro atoms. The van der Waals surface area contributed by atoms with Gasteiger partial charge in [-0.1, -0.05) is 26.7 Å². The molecule has 2 unspecified atom stereocenters. The van der Waals surface area contributed by atoms with E-state index in [4.69, 9.17) is 4.74 Å². The topological polar surface area (TPSA) is 50.4 Å². The minimum Gasteiger partial charge on any atom is -0.378 e. The molecule has 0 aromatic heterocycles. The summed E-state index contributed by atoms with van der Waals surface area (Å²) < 4.78 is 17.7. The Balaban J connectivity index is 2.36. The first-order chi connectivity index (χ1) is 8.71. The van der Waals surface area contributed by atoms with Crippen LogP contribution in [0.25, 0.3) is 0 Å². The zero-order valence-electron chi connectivity index (χ0n) is 11.4. The number of nitrogens with one attached hydrogen (secondary N) is 2. The molecule has 1 aliphatic heterocycles. The summed E-state index contributed by atoms with van der Waals surface area (Å²) in [6, 6.07) is -0.133. The number of rotatable bonds is 6. The van der Waals surface area contributed by atoms with Gasteiger partial charge in [0.05, 0.1) is 6.10 Å². The summed E-state index contributed by atoms with van der Waals surface area (Å²) in [6.45, 7) is 4.57. The Bertz CT molecular complexity index is 247. The van der Waals surface area contributed by atoms with Crippen molar-refractivity contribution >= 4 is 6.03 Å². The van der Waals surface area contributed by atoms with Crippen LogP contribution in [0.5, 0.6) is 0 Å². The van der Waals surface area contributed by atoms with Crippen LogP contribution in [0.3, 0.4) is 0 Å². The van der Waals surface area contributed by atoms with Gasteiger partial charge in [0.15, 0.2) is 0 Å². The van der Waals surface area contributed by atoms with E-state index < -0.39 is 6.67 Å². The minimum atomic E-state index is -0.530. The second kappa shape index (κ2) is 8.29. The number of carbonyl (C=O) groups is 1. The molecule has 0 aromatic rings. The summed E-state index contributed by atoms with van der Waals surface area (Å²) in [5.74, 6) is 0.559. The largest absolute Gasteiger partial charge is 0.378 e. The third kappa shape index (κ3) is 4.80. The van der Waals surface area contributed by atoms with E-state index in [1.54, 1.807) is 0 Å². The molecule has 1 heterocycles. The fraction of sp³-hybridized carbons (Fsp3) is 0.923. The molecule has 4 nitrogen and oxygen atoms in total. The van der Waals surface area contributed by atoms with Crippen molar-refractivity contribution in [1.82, 2.24) is 10.6 Å². The summed E-state index contributed by atoms with van der Waals surface area (Å²) in [5.41, 5.74) is 0. The molecule has 0 aliphatic carbocycles. The van der Waals surface area contributed by atoms with Gasteiger partial charge in [0, 0.05) is 19.2 Å². The van der Waals surface area contributed by atoms with Gasteiger partial charge in [-0.15, -0.1) is 0 Å². The molecule has 0 bridgehead atoms. The van der Waals surface area contributed by atoms with E-state index in [1.807, 2.05) is 0 Å². The Kier molecular flexibility index (Phi) is 7.01. The Morgan fingerprint density at radius 1 is 1.44 bits per heavy atom. The highest BCUT2D eigenvalue weighted by atomic mass is 19.1. The molecule has 0 aromatic carbocycles. The summed E-state index contributed by atoms with van der Waals surface area (Å²) in [4.78, 5) is 11.5. The Morgan fingerprint density at radius 3 is 2.78 bits per heavy atom. The molecular weight excluding hydrogens is 235 g/mol. The maximum Gasteiger partial charge on any atom is 0.315 e. The molecule has 1 saturated heterocycles. The quantitative estimate of drug-likeness (QED) is 0.769. The number of hydrogen-bond donors (Lipinski definition) is 2. The second-order valence-electron chi connectivity index (χ2n) is 4.80. The van der Waals surface area contributed by atoms with Crippen molar-refractivity contribution in [2.45, 2.75) is 51.7 Å². The highest BCUT2D eigenvalue weighted by molar-refractivity contribution is 5.74. The van der Waals surface area contributed by atoms with Gasteiger partial charge in [0.1, 0.15) is 6.67 Å². The van der Waals surface area contributed by atoms with Crippen molar-refractivity contribution in [3.8, 4) is 0 Å². The first-order valence-electron chi connectivity index (χ1n) is 6.93. The molecule has 2 amide bonds. The average molecular weight is 260 g/mol. The SMILES string of the molecule is CCC(CC)C1CC(NC(=O)NCCF)CCO1. The molecule has 2 atom stereocenters. The monoisotopic (exact) mass is 260 g/mol. The molecule has 0 radical (unpaired) electrons. The number of carbonyl (C=O) groups excluding carboxylic acids is 1. The van der Waals surface area contributed by atoms with Crippen molar-refractivity contribution in [3.05, 3.63) is 0 Å². The summed E-state index contributed by atoms with van der Waals surface area (Å²) >= 11 is 0. The molecule has 2 N–H and O–H groups in total. The number of halogens is 1. The Labute approximate surface area is 109 Å². The molecular formula is C13H25FN2O2. The summed E-state index contributed by atoms with van der Waals surface area (Å²) in [5, 5.41) is 5.38. The fourth-order valence-corrected chi connectivity index (χ4v) is 2.50. The molecule has 1 fully saturated rings. The van der Waals surface area contributed by atoms with E-state index >= 15 is 0 Å². The maximum atomic E-state index is 11.9. The lowest BCUT2D eigenvalue weighted by atomic mass is 9.89. The van der Waals surface area contributed by atoms with E-state index in [0.29, 0.717) is 12.5 Å². The lowest BCUT2D eigenvalue weighted by Crippen LogP contribution is -2.47. The van der Waals surface area contributed by atoms with Gasteiger partial charge in [0.25, 0.3) is 0 Å². The van der Waals surface area contributed by atoms with E-state index in [0.717, 1.165) is 25.7 Å². The number of urea groups is 1. The van der Waals surface area contributed by atoms with Crippen LogP contribution in [0.1, 0.15) is 39.5 Å². The fourth-order valence-electron chi connectivity index (χ4n) is 2.50. The smallest absolute Gasteiger partial charge is 0.315 e. The van der Waals surface area contributed by atoms with E-state index in [9.17, 15) is 9.18 Å². The van der Waals surface area contributed by atoms with Gasteiger partial charge < -0.3 is 15.4 Å². The second-order valence-corrected chi connectivity index (χ2v) is 4.80. The van der Waals surface area contributed by atoms with Gasteiger partial charge in [0.2, 0.25) is 0 Å². The lowest BCUT2D eigenvalue weighted by Gasteiger charge is -2.34. The molecule has 106 valence electrons. The highest BCUT2D eigenvalue weighted by Gasteiger charge is 2.28. The lowest BCUT2D eigenvalue weighted by molar-refractivity contribution is -0.0331. The Hall–Kier alpha value is -0.840. The molecule has 18 heavy (non-hydrogen) atoms. The van der Waals surface area contributed by atoms with E-state index in [-0.39, 0.29) is 24.7 Å². The normalized spacial score (nSPS) is 24.0. The van der Waals surface area contributed by atoms with Crippen molar-refractivity contribution in [3.63, 3.8) is 0 Å². The molecule has 5 heteroatoms. The average Bonchev–Trinajstić information content (AvgIpc) is 2.38. The van der Waals surface area contributed by atoms with Gasteiger partial charge >= 0.3 is 6.03 Å². The van der Waals surface area contributed by atoms with Crippen LogP contribution < -0.4 is 10.6 Å². The maximum absolute atomic E-state index is 11.9. The number of ether oxygens (including phenoxy) is 1. The molecule has 0 saturated carbocycles. The van der Waals surface area contributed by atoms with Crippen molar-refractivity contribution < 1.29 is 13.9 Å². The van der Waals surface area contributed by atoms with Crippen molar-refractivity contribution in [2.75, 3.05) is 19.8 Å². The summed E-state index contributed by atoms with van der Waals surface area (Å²) in [6.07, 6.45) is 4.12. The number of alkyl halides is 1. The minimum absolute atomic E-state index is 0.0744. The standard InChI is InChI=1S/C13H25FN2O2/c1-3-10(4-2)12-9-11(5-8-18-12)16-13(17)15-7-6-14/h10-12H,3-9H2,1-2H3,(H2,15,16,17). The van der Waals surface area contributed by atoms with E-state index in [2.05, 4.69) is 24.5 Å². The third-order valence-electron chi connectivity index (χ3n) is 3.60. The molecule has 1 rings (SSSR count). The van der Waals surface area contributed by atoms with Gasteiger partial charge in [-0.3, -0.25) is 0 Å². The van der Waals surface area contributed by atoms with Crippen LogP contribution in [0, 0.1) is 5.92 Å². The van der Waals surface area contributed by atoms with Crippen LogP contribution in [0.4, 0.5) is 9.18 Å². The van der Waals surface area contributed by atoms with Crippen LogP contribution in [0.2, 0.25) is 0 Å². The first-order valence-corrected chi connectivity index (χ1v) is 6.93.